The maximum atomic E-state index is 13.3. The van der Waals surface area contributed by atoms with Gasteiger partial charge in [0.2, 0.25) is 0 Å². The lowest BCUT2D eigenvalue weighted by Gasteiger charge is -2.08. The lowest BCUT2D eigenvalue weighted by atomic mass is 10.1. The van der Waals surface area contributed by atoms with E-state index in [9.17, 15) is 23.7 Å². The van der Waals surface area contributed by atoms with Gasteiger partial charge < -0.3 is 10.1 Å². The Kier molecular flexibility index (Phi) is 4.22. The van der Waals surface area contributed by atoms with E-state index in [-0.39, 0.29) is 6.54 Å². The summed E-state index contributed by atoms with van der Waals surface area (Å²) in [5.41, 5.74) is 1.55. The molecule has 0 aromatic heterocycles. The first-order chi connectivity index (χ1) is 11.5. The van der Waals surface area contributed by atoms with Crippen molar-refractivity contribution in [1.82, 2.24) is 5.32 Å². The molecule has 2 aromatic carbocycles. The van der Waals surface area contributed by atoms with Crippen LogP contribution >= 0.6 is 0 Å². The molecule has 8 heteroatoms. The number of ether oxygens (including phenoxy) is 1. The van der Waals surface area contributed by atoms with Crippen LogP contribution in [0.15, 0.2) is 30.3 Å². The molecule has 0 saturated heterocycles. The number of nitrogens with one attached hydrogen (secondary N) is 1. The lowest BCUT2D eigenvalue weighted by molar-refractivity contribution is -0.385. The summed E-state index contributed by atoms with van der Waals surface area (Å²) in [4.78, 5) is 22.1. The minimum absolute atomic E-state index is 0.0995. The van der Waals surface area contributed by atoms with Crippen molar-refractivity contribution >= 4 is 11.6 Å². The largest absolute Gasteiger partial charge is 0.372 e. The van der Waals surface area contributed by atoms with Crippen molar-refractivity contribution in [3.05, 3.63) is 74.3 Å². The number of fused-ring (bicyclic) bond motifs is 1. The van der Waals surface area contributed by atoms with Crippen LogP contribution in [0, 0.1) is 21.7 Å². The first kappa shape index (κ1) is 16.0. The van der Waals surface area contributed by atoms with Crippen molar-refractivity contribution in [2.24, 2.45) is 0 Å². The van der Waals surface area contributed by atoms with Crippen LogP contribution in [0.1, 0.15) is 27.0 Å². The highest BCUT2D eigenvalue weighted by molar-refractivity contribution is 5.98. The molecule has 0 unspecified atom stereocenters. The molecule has 1 amide bonds. The minimum atomic E-state index is -1.38. The topological polar surface area (TPSA) is 81.5 Å². The molecule has 1 N–H and O–H groups in total. The van der Waals surface area contributed by atoms with Gasteiger partial charge in [0.05, 0.1) is 24.2 Å². The Morgan fingerprint density at radius 3 is 2.62 bits per heavy atom. The Morgan fingerprint density at radius 2 is 1.88 bits per heavy atom. The Hall–Kier alpha value is -2.87. The number of nitro benzene ring substituents is 1. The normalized spacial score (nSPS) is 12.8. The fraction of sp³-hybridized carbons (Fsp3) is 0.188. The quantitative estimate of drug-likeness (QED) is 0.688. The Labute approximate surface area is 135 Å². The molecule has 6 nitrogen and oxygen atoms in total. The summed E-state index contributed by atoms with van der Waals surface area (Å²) in [5.74, 6) is -3.55. The molecule has 2 aromatic rings. The molecule has 0 aliphatic carbocycles. The summed E-state index contributed by atoms with van der Waals surface area (Å²) in [6.45, 7) is 1.14. The van der Waals surface area contributed by atoms with Crippen molar-refractivity contribution in [3.63, 3.8) is 0 Å². The predicted molar refractivity (Wildman–Crippen MR) is 79.1 cm³/mol. The fourth-order valence-electron chi connectivity index (χ4n) is 2.48. The van der Waals surface area contributed by atoms with Crippen LogP contribution in [-0.2, 0) is 24.5 Å². The van der Waals surface area contributed by atoms with E-state index in [0.717, 1.165) is 16.7 Å². The number of carbonyl (C=O) groups excluding carboxylic acids is 1. The highest BCUT2D eigenvalue weighted by Crippen LogP contribution is 2.23. The van der Waals surface area contributed by atoms with Gasteiger partial charge in [-0.3, -0.25) is 14.9 Å². The first-order valence-electron chi connectivity index (χ1n) is 7.06. The molecule has 1 aliphatic rings. The third kappa shape index (κ3) is 3.09. The van der Waals surface area contributed by atoms with E-state index in [1.165, 1.54) is 0 Å². The van der Waals surface area contributed by atoms with Gasteiger partial charge in [0, 0.05) is 6.54 Å². The minimum Gasteiger partial charge on any atom is -0.372 e. The highest BCUT2D eigenvalue weighted by Gasteiger charge is 2.23. The summed E-state index contributed by atoms with van der Waals surface area (Å²) in [6, 6.07) is 6.47. The van der Waals surface area contributed by atoms with E-state index in [0.29, 0.717) is 25.3 Å². The number of nitro groups is 1. The number of hydrogen-bond acceptors (Lipinski definition) is 4. The molecular weight excluding hydrogens is 322 g/mol. The summed E-state index contributed by atoms with van der Waals surface area (Å²) in [5, 5.41) is 13.4. The van der Waals surface area contributed by atoms with Crippen LogP contribution < -0.4 is 5.32 Å². The Balaban J connectivity index is 1.78. The smallest absolute Gasteiger partial charge is 0.285 e. The van der Waals surface area contributed by atoms with Crippen molar-refractivity contribution in [2.45, 2.75) is 19.8 Å². The van der Waals surface area contributed by atoms with E-state index in [4.69, 9.17) is 4.74 Å². The molecular formula is C16H12F2N2O4. The second-order valence-electron chi connectivity index (χ2n) is 5.32. The molecule has 0 spiro atoms. The van der Waals surface area contributed by atoms with Gasteiger partial charge in [0.15, 0.2) is 11.6 Å². The van der Waals surface area contributed by atoms with E-state index in [1.54, 1.807) is 6.07 Å². The van der Waals surface area contributed by atoms with E-state index >= 15 is 0 Å². The fourth-order valence-corrected chi connectivity index (χ4v) is 2.48. The number of carbonyl (C=O) groups is 1. The number of benzene rings is 2. The van der Waals surface area contributed by atoms with Crippen molar-refractivity contribution in [1.29, 1.82) is 0 Å². The second-order valence-corrected chi connectivity index (χ2v) is 5.32. The third-order valence-corrected chi connectivity index (χ3v) is 3.72. The third-order valence-electron chi connectivity index (χ3n) is 3.72. The maximum Gasteiger partial charge on any atom is 0.285 e. The van der Waals surface area contributed by atoms with Crippen LogP contribution in [0.25, 0.3) is 0 Å². The van der Waals surface area contributed by atoms with E-state index < -0.39 is 33.7 Å². The van der Waals surface area contributed by atoms with Gasteiger partial charge >= 0.3 is 0 Å². The van der Waals surface area contributed by atoms with Gasteiger partial charge in [-0.1, -0.05) is 18.2 Å². The zero-order chi connectivity index (χ0) is 17.3. The number of rotatable bonds is 4. The van der Waals surface area contributed by atoms with Gasteiger partial charge in [0.25, 0.3) is 11.6 Å². The van der Waals surface area contributed by atoms with Gasteiger partial charge in [-0.2, -0.15) is 0 Å². The van der Waals surface area contributed by atoms with E-state index in [1.807, 2.05) is 12.1 Å². The Bertz CT molecular complexity index is 839. The van der Waals surface area contributed by atoms with Gasteiger partial charge in [-0.15, -0.1) is 0 Å². The van der Waals surface area contributed by atoms with Crippen LogP contribution in [0.4, 0.5) is 14.5 Å². The molecule has 1 aliphatic heterocycles. The van der Waals surface area contributed by atoms with Crippen molar-refractivity contribution in [2.75, 3.05) is 0 Å². The molecule has 0 bridgehead atoms. The molecule has 1 heterocycles. The summed E-state index contributed by atoms with van der Waals surface area (Å²) in [7, 11) is 0. The van der Waals surface area contributed by atoms with E-state index in [2.05, 4.69) is 5.32 Å². The molecule has 0 radical (unpaired) electrons. The average molecular weight is 334 g/mol. The second kappa shape index (κ2) is 6.32. The highest BCUT2D eigenvalue weighted by atomic mass is 19.2. The molecule has 24 heavy (non-hydrogen) atoms. The van der Waals surface area contributed by atoms with Gasteiger partial charge in [-0.25, -0.2) is 8.78 Å². The van der Waals surface area contributed by atoms with Gasteiger partial charge in [-0.05, 0) is 22.8 Å². The van der Waals surface area contributed by atoms with Crippen LogP contribution in [0.5, 0.6) is 0 Å². The number of nitrogens with zero attached hydrogens (tertiary/aromatic N) is 1. The SMILES string of the molecule is O=C(NCc1ccc2c(c1)COC2)c1cc(F)c(F)cc1[N+](=O)[O-]. The summed E-state index contributed by atoms with van der Waals surface area (Å²) in [6.07, 6.45) is 0. The van der Waals surface area contributed by atoms with Gasteiger partial charge in [0.1, 0.15) is 5.56 Å². The average Bonchev–Trinajstić information content (AvgIpc) is 3.02. The van der Waals surface area contributed by atoms with Crippen LogP contribution in [-0.4, -0.2) is 10.8 Å². The van der Waals surface area contributed by atoms with Crippen LogP contribution in [0.3, 0.4) is 0 Å². The predicted octanol–water partition coefficient (Wildman–Crippen LogP) is 2.83. The van der Waals surface area contributed by atoms with Crippen molar-refractivity contribution in [3.8, 4) is 0 Å². The first-order valence-corrected chi connectivity index (χ1v) is 7.06. The molecule has 124 valence electrons. The zero-order valence-electron chi connectivity index (χ0n) is 12.3. The molecule has 0 fully saturated rings. The number of halogens is 2. The van der Waals surface area contributed by atoms with Crippen molar-refractivity contribution < 1.29 is 23.2 Å². The van der Waals surface area contributed by atoms with Crippen LogP contribution in [0.2, 0.25) is 0 Å². The molecule has 0 atom stereocenters. The number of hydrogen-bond donors (Lipinski definition) is 1. The molecule has 3 rings (SSSR count). The molecule has 0 saturated carbocycles. The maximum absolute atomic E-state index is 13.3. The zero-order valence-corrected chi connectivity index (χ0v) is 12.3. The Morgan fingerprint density at radius 1 is 1.17 bits per heavy atom. The summed E-state index contributed by atoms with van der Waals surface area (Å²) < 4.78 is 31.7. The lowest BCUT2D eigenvalue weighted by Crippen LogP contribution is -2.24. The monoisotopic (exact) mass is 334 g/mol. The summed E-state index contributed by atoms with van der Waals surface area (Å²) >= 11 is 0. The number of amides is 1. The standard InChI is InChI=1S/C16H12F2N2O4/c17-13-4-12(15(20(22)23)5-14(13)18)16(21)19-6-9-1-2-10-7-24-8-11(10)3-9/h1-5H,6-8H2,(H,19,21).